The smallest absolute Gasteiger partial charge is 0.422 e. The van der Waals surface area contributed by atoms with Crippen molar-refractivity contribution in [2.24, 2.45) is 0 Å². The number of pyridine rings is 1. The van der Waals surface area contributed by atoms with Gasteiger partial charge in [0.2, 0.25) is 0 Å². The lowest BCUT2D eigenvalue weighted by molar-refractivity contribution is 0.424. The lowest BCUT2D eigenvalue weighted by Gasteiger charge is -2.17. The SMILES string of the molecule is OB(O)c1cc(N2CCCC2)ccn1. The minimum atomic E-state index is -1.47. The van der Waals surface area contributed by atoms with Crippen molar-refractivity contribution in [1.82, 2.24) is 4.98 Å². The molecule has 0 aromatic carbocycles. The molecule has 0 saturated carbocycles. The highest BCUT2D eigenvalue weighted by Crippen LogP contribution is 2.17. The Morgan fingerprint density at radius 1 is 1.29 bits per heavy atom. The molecule has 1 saturated heterocycles. The standard InChI is InChI=1S/C9H13BN2O2/c13-10(14)9-7-8(3-4-11-9)12-5-1-2-6-12/h3-4,7,13-14H,1-2,5-6H2. The second-order valence-corrected chi connectivity index (χ2v) is 3.51. The van der Waals surface area contributed by atoms with E-state index in [4.69, 9.17) is 10.0 Å². The van der Waals surface area contributed by atoms with Gasteiger partial charge in [-0.1, -0.05) is 0 Å². The third-order valence-electron chi connectivity index (χ3n) is 2.50. The van der Waals surface area contributed by atoms with Crippen LogP contribution >= 0.6 is 0 Å². The molecule has 1 aliphatic heterocycles. The van der Waals surface area contributed by atoms with Crippen molar-refractivity contribution in [2.75, 3.05) is 18.0 Å². The van der Waals surface area contributed by atoms with Gasteiger partial charge in [0, 0.05) is 25.0 Å². The zero-order chi connectivity index (χ0) is 9.97. The lowest BCUT2D eigenvalue weighted by Crippen LogP contribution is -2.33. The molecule has 0 amide bonds. The summed E-state index contributed by atoms with van der Waals surface area (Å²) in [5.74, 6) is 0. The van der Waals surface area contributed by atoms with Crippen LogP contribution in [0.15, 0.2) is 18.3 Å². The van der Waals surface area contributed by atoms with E-state index in [0.29, 0.717) is 5.59 Å². The summed E-state index contributed by atoms with van der Waals surface area (Å²) >= 11 is 0. The minimum absolute atomic E-state index is 0.314. The summed E-state index contributed by atoms with van der Waals surface area (Å²) in [6.45, 7) is 2.09. The Morgan fingerprint density at radius 2 is 2.00 bits per heavy atom. The van der Waals surface area contributed by atoms with Crippen LogP contribution < -0.4 is 10.5 Å². The van der Waals surface area contributed by atoms with Crippen LogP contribution in [0.25, 0.3) is 0 Å². The number of nitrogens with zero attached hydrogens (tertiary/aromatic N) is 2. The molecule has 1 aliphatic rings. The Labute approximate surface area is 83.3 Å². The van der Waals surface area contributed by atoms with Gasteiger partial charge < -0.3 is 14.9 Å². The van der Waals surface area contributed by atoms with Crippen molar-refractivity contribution in [3.05, 3.63) is 18.3 Å². The van der Waals surface area contributed by atoms with Crippen LogP contribution in [0.5, 0.6) is 0 Å². The summed E-state index contributed by atoms with van der Waals surface area (Å²) in [5.41, 5.74) is 1.34. The number of aromatic nitrogens is 1. The van der Waals surface area contributed by atoms with Crippen LogP contribution in [-0.2, 0) is 0 Å². The first-order chi connectivity index (χ1) is 6.77. The van der Waals surface area contributed by atoms with Gasteiger partial charge >= 0.3 is 7.12 Å². The Morgan fingerprint density at radius 3 is 2.64 bits per heavy atom. The molecule has 0 atom stereocenters. The van der Waals surface area contributed by atoms with Crippen LogP contribution in [-0.4, -0.2) is 35.2 Å². The van der Waals surface area contributed by atoms with Crippen molar-refractivity contribution in [3.8, 4) is 0 Å². The van der Waals surface area contributed by atoms with Gasteiger partial charge in [-0.3, -0.25) is 4.98 Å². The molecule has 1 aromatic heterocycles. The molecular formula is C9H13BN2O2. The summed E-state index contributed by atoms with van der Waals surface area (Å²) in [6.07, 6.45) is 4.03. The summed E-state index contributed by atoms with van der Waals surface area (Å²) in [7, 11) is -1.47. The maximum atomic E-state index is 8.97. The second-order valence-electron chi connectivity index (χ2n) is 3.51. The molecule has 2 N–H and O–H groups in total. The molecule has 0 spiro atoms. The molecular weight excluding hydrogens is 179 g/mol. The van der Waals surface area contributed by atoms with Crippen LogP contribution in [0.1, 0.15) is 12.8 Å². The van der Waals surface area contributed by atoms with Crippen molar-refractivity contribution in [3.63, 3.8) is 0 Å². The summed E-state index contributed by atoms with van der Waals surface area (Å²) in [4.78, 5) is 6.11. The summed E-state index contributed by atoms with van der Waals surface area (Å²) in [6, 6.07) is 3.63. The van der Waals surface area contributed by atoms with E-state index in [0.717, 1.165) is 18.8 Å². The van der Waals surface area contributed by atoms with E-state index in [-0.39, 0.29) is 0 Å². The highest BCUT2D eigenvalue weighted by molar-refractivity contribution is 6.57. The molecule has 0 aliphatic carbocycles. The molecule has 0 bridgehead atoms. The van der Waals surface area contributed by atoms with E-state index in [1.54, 1.807) is 12.3 Å². The molecule has 1 aromatic rings. The van der Waals surface area contributed by atoms with Gasteiger partial charge in [0.1, 0.15) is 0 Å². The lowest BCUT2D eigenvalue weighted by atomic mass is 9.85. The van der Waals surface area contributed by atoms with Crippen molar-refractivity contribution in [2.45, 2.75) is 12.8 Å². The third-order valence-corrected chi connectivity index (χ3v) is 2.50. The monoisotopic (exact) mass is 192 g/mol. The zero-order valence-corrected chi connectivity index (χ0v) is 7.93. The van der Waals surface area contributed by atoms with E-state index >= 15 is 0 Å². The first-order valence-corrected chi connectivity index (χ1v) is 4.84. The molecule has 2 rings (SSSR count). The molecule has 1 fully saturated rings. The van der Waals surface area contributed by atoms with Gasteiger partial charge in [-0.25, -0.2) is 0 Å². The fourth-order valence-corrected chi connectivity index (χ4v) is 1.75. The fourth-order valence-electron chi connectivity index (χ4n) is 1.75. The average Bonchev–Trinajstić information content (AvgIpc) is 2.71. The Balaban J connectivity index is 2.21. The molecule has 74 valence electrons. The van der Waals surface area contributed by atoms with Gasteiger partial charge in [-0.05, 0) is 25.0 Å². The molecule has 5 heteroatoms. The fraction of sp³-hybridized carbons (Fsp3) is 0.444. The van der Waals surface area contributed by atoms with E-state index in [1.807, 2.05) is 6.07 Å². The van der Waals surface area contributed by atoms with Crippen LogP contribution in [0, 0.1) is 0 Å². The molecule has 2 heterocycles. The third kappa shape index (κ3) is 1.88. The molecule has 0 radical (unpaired) electrons. The van der Waals surface area contributed by atoms with Crippen molar-refractivity contribution < 1.29 is 10.0 Å². The van der Waals surface area contributed by atoms with E-state index in [1.165, 1.54) is 12.8 Å². The summed E-state index contributed by atoms with van der Waals surface area (Å²) in [5, 5.41) is 17.9. The highest BCUT2D eigenvalue weighted by Gasteiger charge is 2.16. The van der Waals surface area contributed by atoms with E-state index in [2.05, 4.69) is 9.88 Å². The Bertz CT molecular complexity index is 313. The van der Waals surface area contributed by atoms with Crippen LogP contribution in [0.3, 0.4) is 0 Å². The van der Waals surface area contributed by atoms with Gasteiger partial charge in [0.05, 0.1) is 5.59 Å². The molecule has 0 unspecified atom stereocenters. The van der Waals surface area contributed by atoms with E-state index in [9.17, 15) is 0 Å². The maximum Gasteiger partial charge on any atom is 0.508 e. The first kappa shape index (κ1) is 9.49. The van der Waals surface area contributed by atoms with Gasteiger partial charge in [0.25, 0.3) is 0 Å². The quantitative estimate of drug-likeness (QED) is 0.612. The van der Waals surface area contributed by atoms with Gasteiger partial charge in [-0.2, -0.15) is 0 Å². The topological polar surface area (TPSA) is 56.6 Å². The number of rotatable bonds is 2. The normalized spacial score (nSPS) is 16.0. The second kappa shape index (κ2) is 3.98. The minimum Gasteiger partial charge on any atom is -0.422 e. The van der Waals surface area contributed by atoms with Crippen LogP contribution in [0.4, 0.5) is 5.69 Å². The number of hydrogen-bond acceptors (Lipinski definition) is 4. The Kier molecular flexibility index (Phi) is 2.70. The average molecular weight is 192 g/mol. The van der Waals surface area contributed by atoms with Gasteiger partial charge in [-0.15, -0.1) is 0 Å². The van der Waals surface area contributed by atoms with Gasteiger partial charge in [0.15, 0.2) is 0 Å². The molecule has 4 nitrogen and oxygen atoms in total. The number of anilines is 1. The highest BCUT2D eigenvalue weighted by atomic mass is 16.4. The Hall–Kier alpha value is -1.07. The predicted molar refractivity (Wildman–Crippen MR) is 55.5 cm³/mol. The largest absolute Gasteiger partial charge is 0.508 e. The van der Waals surface area contributed by atoms with Crippen molar-refractivity contribution in [1.29, 1.82) is 0 Å². The number of hydrogen-bond donors (Lipinski definition) is 2. The summed E-state index contributed by atoms with van der Waals surface area (Å²) < 4.78 is 0. The van der Waals surface area contributed by atoms with Crippen LogP contribution in [0.2, 0.25) is 0 Å². The molecule has 14 heavy (non-hydrogen) atoms. The first-order valence-electron chi connectivity index (χ1n) is 4.84. The zero-order valence-electron chi connectivity index (χ0n) is 7.93. The van der Waals surface area contributed by atoms with E-state index < -0.39 is 7.12 Å². The maximum absolute atomic E-state index is 8.97. The van der Waals surface area contributed by atoms with Crippen molar-refractivity contribution >= 4 is 18.4 Å². The predicted octanol–water partition coefficient (Wildman–Crippen LogP) is -0.638.